The van der Waals surface area contributed by atoms with Gasteiger partial charge in [-0.3, -0.25) is 25.0 Å². The van der Waals surface area contributed by atoms with Crippen LogP contribution in [0.5, 0.6) is 5.75 Å². The number of carbonyl (C=O) groups is 1. The number of rotatable bonds is 6. The average molecular weight is 370 g/mol. The SMILES string of the molecule is O=C(COc1cc(F)ccc1[N+](=O)[O-])Nc1ccc([N+](=O)[O-])cc1Cl. The molecule has 2 aromatic carbocycles. The van der Waals surface area contributed by atoms with E-state index < -0.39 is 39.6 Å². The van der Waals surface area contributed by atoms with Gasteiger partial charge < -0.3 is 10.1 Å². The Morgan fingerprint density at radius 2 is 1.88 bits per heavy atom. The summed E-state index contributed by atoms with van der Waals surface area (Å²) in [6.07, 6.45) is 0. The van der Waals surface area contributed by atoms with Crippen LogP contribution in [0.4, 0.5) is 21.5 Å². The molecule has 0 radical (unpaired) electrons. The number of nitrogens with one attached hydrogen (secondary N) is 1. The molecule has 0 heterocycles. The molecule has 2 rings (SSSR count). The highest BCUT2D eigenvalue weighted by Gasteiger charge is 2.18. The van der Waals surface area contributed by atoms with Gasteiger partial charge in [0.2, 0.25) is 5.75 Å². The third kappa shape index (κ3) is 4.61. The first kappa shape index (κ1) is 18.1. The maximum absolute atomic E-state index is 13.2. The van der Waals surface area contributed by atoms with Crippen molar-refractivity contribution in [1.82, 2.24) is 0 Å². The van der Waals surface area contributed by atoms with Crippen LogP contribution in [-0.2, 0) is 4.79 Å². The summed E-state index contributed by atoms with van der Waals surface area (Å²) in [5.74, 6) is -1.91. The number of nitro benzene ring substituents is 2. The molecule has 0 spiro atoms. The Balaban J connectivity index is 2.06. The summed E-state index contributed by atoms with van der Waals surface area (Å²) >= 11 is 5.82. The third-order valence-corrected chi connectivity index (χ3v) is 3.23. The van der Waals surface area contributed by atoms with E-state index in [1.807, 2.05) is 0 Å². The van der Waals surface area contributed by atoms with Crippen LogP contribution >= 0.6 is 11.6 Å². The number of nitrogens with zero attached hydrogens (tertiary/aromatic N) is 2. The number of non-ortho nitro benzene ring substituents is 1. The molecule has 1 amide bonds. The molecule has 1 N–H and O–H groups in total. The van der Waals surface area contributed by atoms with E-state index in [4.69, 9.17) is 16.3 Å². The van der Waals surface area contributed by atoms with Crippen LogP contribution in [0.3, 0.4) is 0 Å². The molecule has 0 aliphatic carbocycles. The van der Waals surface area contributed by atoms with Crippen molar-refractivity contribution in [2.45, 2.75) is 0 Å². The van der Waals surface area contributed by atoms with Gasteiger partial charge in [0.05, 0.1) is 20.6 Å². The van der Waals surface area contributed by atoms with E-state index in [9.17, 15) is 29.4 Å². The van der Waals surface area contributed by atoms with Crippen molar-refractivity contribution in [2.24, 2.45) is 0 Å². The molecule has 0 bridgehead atoms. The second-order valence-electron chi connectivity index (χ2n) is 4.63. The molecule has 0 fully saturated rings. The summed E-state index contributed by atoms with van der Waals surface area (Å²) in [6.45, 7) is -0.655. The summed E-state index contributed by atoms with van der Waals surface area (Å²) in [5.41, 5.74) is -0.660. The molecule has 0 aliphatic rings. The number of nitro groups is 2. The van der Waals surface area contributed by atoms with E-state index >= 15 is 0 Å². The fourth-order valence-electron chi connectivity index (χ4n) is 1.80. The summed E-state index contributed by atoms with van der Waals surface area (Å²) in [7, 11) is 0. The predicted octanol–water partition coefficient (Wildman–Crippen LogP) is 3.31. The molecule has 0 atom stereocenters. The van der Waals surface area contributed by atoms with Crippen LogP contribution in [0.1, 0.15) is 0 Å². The molecular weight excluding hydrogens is 361 g/mol. The Hall–Kier alpha value is -3.27. The van der Waals surface area contributed by atoms with E-state index in [0.29, 0.717) is 0 Å². The van der Waals surface area contributed by atoms with Crippen molar-refractivity contribution < 1.29 is 23.8 Å². The van der Waals surface area contributed by atoms with Crippen LogP contribution in [0.15, 0.2) is 36.4 Å². The van der Waals surface area contributed by atoms with Gasteiger partial charge in [-0.15, -0.1) is 0 Å². The van der Waals surface area contributed by atoms with Gasteiger partial charge in [0, 0.05) is 24.3 Å². The molecule has 11 heteroatoms. The van der Waals surface area contributed by atoms with Crippen molar-refractivity contribution in [3.8, 4) is 5.75 Å². The van der Waals surface area contributed by atoms with Crippen LogP contribution < -0.4 is 10.1 Å². The highest BCUT2D eigenvalue weighted by Crippen LogP contribution is 2.28. The minimum Gasteiger partial charge on any atom is -0.477 e. The molecule has 2 aromatic rings. The van der Waals surface area contributed by atoms with Gasteiger partial charge in [0.1, 0.15) is 5.82 Å². The number of amides is 1. The molecular formula is C14H9ClFN3O6. The molecule has 0 aromatic heterocycles. The second kappa shape index (κ2) is 7.53. The number of anilines is 1. The van der Waals surface area contributed by atoms with Crippen molar-refractivity contribution >= 4 is 34.6 Å². The van der Waals surface area contributed by atoms with E-state index in [-0.39, 0.29) is 16.4 Å². The lowest BCUT2D eigenvalue weighted by Crippen LogP contribution is -2.20. The maximum Gasteiger partial charge on any atom is 0.311 e. The van der Waals surface area contributed by atoms with Gasteiger partial charge in [0.25, 0.3) is 11.6 Å². The Kier molecular flexibility index (Phi) is 5.45. The van der Waals surface area contributed by atoms with Crippen LogP contribution in [0.25, 0.3) is 0 Å². The number of hydrogen-bond acceptors (Lipinski definition) is 6. The Morgan fingerprint density at radius 3 is 2.48 bits per heavy atom. The van der Waals surface area contributed by atoms with Gasteiger partial charge in [-0.25, -0.2) is 4.39 Å². The molecule has 9 nitrogen and oxygen atoms in total. The highest BCUT2D eigenvalue weighted by atomic mass is 35.5. The van der Waals surface area contributed by atoms with E-state index in [1.54, 1.807) is 0 Å². The first-order chi connectivity index (χ1) is 11.8. The molecule has 130 valence electrons. The number of carbonyl (C=O) groups excluding carboxylic acids is 1. The van der Waals surface area contributed by atoms with E-state index in [2.05, 4.69) is 5.32 Å². The van der Waals surface area contributed by atoms with E-state index in [0.717, 1.165) is 30.3 Å². The summed E-state index contributed by atoms with van der Waals surface area (Å²) in [6, 6.07) is 6.00. The van der Waals surface area contributed by atoms with Gasteiger partial charge in [-0.1, -0.05) is 11.6 Å². The Bertz CT molecular complexity index is 860. The quantitative estimate of drug-likeness (QED) is 0.615. The Labute approximate surface area is 144 Å². The lowest BCUT2D eigenvalue weighted by Gasteiger charge is -2.09. The predicted molar refractivity (Wildman–Crippen MR) is 85.3 cm³/mol. The lowest BCUT2D eigenvalue weighted by atomic mass is 10.3. The van der Waals surface area contributed by atoms with Gasteiger partial charge in [0.15, 0.2) is 6.61 Å². The Morgan fingerprint density at radius 1 is 1.16 bits per heavy atom. The molecule has 25 heavy (non-hydrogen) atoms. The minimum atomic E-state index is -0.778. The summed E-state index contributed by atoms with van der Waals surface area (Å²) < 4.78 is 18.1. The largest absolute Gasteiger partial charge is 0.477 e. The smallest absolute Gasteiger partial charge is 0.311 e. The molecule has 0 aliphatic heterocycles. The van der Waals surface area contributed by atoms with Crippen molar-refractivity contribution in [2.75, 3.05) is 11.9 Å². The van der Waals surface area contributed by atoms with Crippen molar-refractivity contribution in [3.63, 3.8) is 0 Å². The van der Waals surface area contributed by atoms with Gasteiger partial charge in [-0.2, -0.15) is 0 Å². The van der Waals surface area contributed by atoms with E-state index in [1.165, 1.54) is 6.07 Å². The van der Waals surface area contributed by atoms with Crippen LogP contribution in [0, 0.1) is 26.0 Å². The summed E-state index contributed by atoms with van der Waals surface area (Å²) in [4.78, 5) is 31.8. The fraction of sp³-hybridized carbons (Fsp3) is 0.0714. The zero-order valence-electron chi connectivity index (χ0n) is 12.3. The zero-order valence-corrected chi connectivity index (χ0v) is 13.0. The summed E-state index contributed by atoms with van der Waals surface area (Å²) in [5, 5.41) is 23.7. The second-order valence-corrected chi connectivity index (χ2v) is 5.03. The van der Waals surface area contributed by atoms with Crippen LogP contribution in [0.2, 0.25) is 5.02 Å². The first-order valence-electron chi connectivity index (χ1n) is 6.58. The van der Waals surface area contributed by atoms with Crippen LogP contribution in [-0.4, -0.2) is 22.4 Å². The fourth-order valence-corrected chi connectivity index (χ4v) is 2.02. The minimum absolute atomic E-state index is 0.0701. The van der Waals surface area contributed by atoms with Crippen molar-refractivity contribution in [3.05, 3.63) is 67.5 Å². The highest BCUT2D eigenvalue weighted by molar-refractivity contribution is 6.34. The number of halogens is 2. The first-order valence-corrected chi connectivity index (χ1v) is 6.96. The maximum atomic E-state index is 13.2. The number of ether oxygens (including phenoxy) is 1. The molecule has 0 saturated carbocycles. The monoisotopic (exact) mass is 369 g/mol. The number of hydrogen-bond donors (Lipinski definition) is 1. The lowest BCUT2D eigenvalue weighted by molar-refractivity contribution is -0.385. The molecule has 0 unspecified atom stereocenters. The third-order valence-electron chi connectivity index (χ3n) is 2.91. The zero-order chi connectivity index (χ0) is 18.6. The standard InChI is InChI=1S/C14H9ClFN3O6/c15-10-6-9(18(21)22)2-3-11(10)17-14(20)7-25-13-5-8(16)1-4-12(13)19(23)24/h1-6H,7H2,(H,17,20). The van der Waals surface area contributed by atoms with Gasteiger partial charge >= 0.3 is 5.69 Å². The average Bonchev–Trinajstić information content (AvgIpc) is 2.54. The number of benzene rings is 2. The van der Waals surface area contributed by atoms with Crippen molar-refractivity contribution in [1.29, 1.82) is 0 Å². The molecule has 0 saturated heterocycles. The normalized spacial score (nSPS) is 10.2. The van der Waals surface area contributed by atoms with Gasteiger partial charge in [-0.05, 0) is 12.1 Å². The topological polar surface area (TPSA) is 125 Å².